The molecule has 0 aromatic heterocycles. The number of ether oxygens (including phenoxy) is 2. The highest BCUT2D eigenvalue weighted by Crippen LogP contribution is 2.26. The van der Waals surface area contributed by atoms with Crippen molar-refractivity contribution in [2.45, 2.75) is 64.7 Å². The molecule has 23 heavy (non-hydrogen) atoms. The topological polar surface area (TPSA) is 59.1 Å². The van der Waals surface area contributed by atoms with Gasteiger partial charge >= 0.3 is 12.1 Å². The average Bonchev–Trinajstić information content (AvgIpc) is 2.76. The highest BCUT2D eigenvalue weighted by molar-refractivity contribution is 5.78. The van der Waals surface area contributed by atoms with Crippen molar-refractivity contribution < 1.29 is 19.1 Å². The monoisotopic (exact) mass is 326 g/mol. The molecule has 0 N–H and O–H groups in total. The molecule has 132 valence electrons. The Labute approximate surface area is 139 Å². The molecule has 0 saturated carbocycles. The summed E-state index contributed by atoms with van der Waals surface area (Å²) in [5, 5.41) is 0. The summed E-state index contributed by atoms with van der Waals surface area (Å²) in [5.74, 6) is 0.267. The molecule has 0 aliphatic carbocycles. The van der Waals surface area contributed by atoms with Crippen LogP contribution < -0.4 is 0 Å². The maximum Gasteiger partial charge on any atom is 0.410 e. The van der Waals surface area contributed by atoms with Crippen LogP contribution in [0.2, 0.25) is 0 Å². The predicted molar refractivity (Wildman–Crippen MR) is 87.1 cm³/mol. The number of cyclic esters (lactones) is 1. The molecule has 0 spiro atoms. The third-order valence-electron chi connectivity index (χ3n) is 4.37. The maximum absolute atomic E-state index is 12.1. The second-order valence-corrected chi connectivity index (χ2v) is 7.86. The van der Waals surface area contributed by atoms with Crippen molar-refractivity contribution in [1.29, 1.82) is 0 Å². The molecular weight excluding hydrogens is 296 g/mol. The highest BCUT2D eigenvalue weighted by Gasteiger charge is 2.38. The van der Waals surface area contributed by atoms with Gasteiger partial charge in [0.15, 0.2) is 0 Å². The number of rotatable bonds is 3. The quantitative estimate of drug-likeness (QED) is 0.745. The van der Waals surface area contributed by atoms with Crippen molar-refractivity contribution in [3.63, 3.8) is 0 Å². The van der Waals surface area contributed by atoms with Crippen LogP contribution in [0.3, 0.4) is 0 Å². The minimum absolute atomic E-state index is 0.0114. The summed E-state index contributed by atoms with van der Waals surface area (Å²) in [7, 11) is 1.78. The zero-order valence-corrected chi connectivity index (χ0v) is 15.0. The molecule has 2 saturated heterocycles. The zero-order chi connectivity index (χ0) is 17.2. The van der Waals surface area contributed by atoms with E-state index in [1.807, 2.05) is 27.7 Å². The molecule has 2 aliphatic heterocycles. The molecule has 2 rings (SSSR count). The number of nitrogens with zero attached hydrogens (tertiary/aromatic N) is 2. The minimum atomic E-state index is -0.478. The second-order valence-electron chi connectivity index (χ2n) is 7.86. The van der Waals surface area contributed by atoms with E-state index < -0.39 is 5.60 Å². The molecule has 0 aromatic carbocycles. The van der Waals surface area contributed by atoms with Crippen LogP contribution in [0.1, 0.15) is 47.0 Å². The summed E-state index contributed by atoms with van der Waals surface area (Å²) in [6.07, 6.45) is 2.61. The van der Waals surface area contributed by atoms with E-state index in [1.54, 1.807) is 11.9 Å². The standard InChI is InChI=1S/C17H30N2O4/c1-12-9-14(15(20)22-12)19-8-6-7-13(11-19)10-18(5)16(21)23-17(2,3)4/h12-14H,6-11H2,1-5H3. The fraction of sp³-hybridized carbons (Fsp3) is 0.882. The van der Waals surface area contributed by atoms with Crippen molar-refractivity contribution >= 4 is 12.1 Å². The SMILES string of the molecule is CC1CC(N2CCCC(CN(C)C(=O)OC(C)(C)C)C2)C(=O)O1. The first-order chi connectivity index (χ1) is 10.7. The Balaban J connectivity index is 1.86. The fourth-order valence-corrected chi connectivity index (χ4v) is 3.36. The predicted octanol–water partition coefficient (Wildman–Crippen LogP) is 2.27. The lowest BCUT2D eigenvalue weighted by atomic mass is 9.95. The number of esters is 1. The Morgan fingerprint density at radius 3 is 2.70 bits per heavy atom. The van der Waals surface area contributed by atoms with Gasteiger partial charge in [0.2, 0.25) is 0 Å². The lowest BCUT2D eigenvalue weighted by Crippen LogP contribution is -2.48. The van der Waals surface area contributed by atoms with Crippen LogP contribution in [0, 0.1) is 5.92 Å². The fourth-order valence-electron chi connectivity index (χ4n) is 3.36. The molecule has 6 heteroatoms. The van der Waals surface area contributed by atoms with Crippen LogP contribution in [-0.2, 0) is 14.3 Å². The first-order valence-corrected chi connectivity index (χ1v) is 8.54. The molecule has 3 unspecified atom stereocenters. The van der Waals surface area contributed by atoms with Gasteiger partial charge in [0, 0.05) is 26.6 Å². The van der Waals surface area contributed by atoms with Crippen molar-refractivity contribution in [2.75, 3.05) is 26.7 Å². The molecule has 1 amide bonds. The summed E-state index contributed by atoms with van der Waals surface area (Å²) in [6.45, 7) is 9.97. The Morgan fingerprint density at radius 1 is 1.43 bits per heavy atom. The first-order valence-electron chi connectivity index (χ1n) is 8.54. The second kappa shape index (κ2) is 7.07. The lowest BCUT2D eigenvalue weighted by Gasteiger charge is -2.36. The van der Waals surface area contributed by atoms with Crippen LogP contribution in [0.15, 0.2) is 0 Å². The summed E-state index contributed by atoms with van der Waals surface area (Å²) in [5.41, 5.74) is -0.478. The van der Waals surface area contributed by atoms with E-state index in [2.05, 4.69) is 4.90 Å². The normalized spacial score (nSPS) is 29.3. The van der Waals surface area contributed by atoms with Crippen LogP contribution in [-0.4, -0.2) is 66.3 Å². The van der Waals surface area contributed by atoms with Gasteiger partial charge in [-0.2, -0.15) is 0 Å². The van der Waals surface area contributed by atoms with E-state index >= 15 is 0 Å². The summed E-state index contributed by atoms with van der Waals surface area (Å²) >= 11 is 0. The van der Waals surface area contributed by atoms with E-state index in [4.69, 9.17) is 9.47 Å². The van der Waals surface area contributed by atoms with Gasteiger partial charge in [-0.05, 0) is 53.0 Å². The van der Waals surface area contributed by atoms with E-state index in [-0.39, 0.29) is 24.2 Å². The number of carbonyl (C=O) groups is 2. The van der Waals surface area contributed by atoms with Gasteiger partial charge in [0.25, 0.3) is 0 Å². The third-order valence-corrected chi connectivity index (χ3v) is 4.37. The van der Waals surface area contributed by atoms with Gasteiger partial charge in [0.05, 0.1) is 0 Å². The Bertz CT molecular complexity index is 446. The van der Waals surface area contributed by atoms with Gasteiger partial charge in [-0.3, -0.25) is 9.69 Å². The summed E-state index contributed by atoms with van der Waals surface area (Å²) < 4.78 is 10.7. The average molecular weight is 326 g/mol. The molecule has 3 atom stereocenters. The minimum Gasteiger partial charge on any atom is -0.461 e. The van der Waals surface area contributed by atoms with Crippen LogP contribution in [0.4, 0.5) is 4.79 Å². The summed E-state index contributed by atoms with van der Waals surface area (Å²) in [6, 6.07) is -0.111. The number of hydrogen-bond donors (Lipinski definition) is 0. The molecule has 0 bridgehead atoms. The number of piperidine rings is 1. The Kier molecular flexibility index (Phi) is 5.55. The molecule has 0 aromatic rings. The molecule has 2 aliphatic rings. The molecular formula is C17H30N2O4. The lowest BCUT2D eigenvalue weighted by molar-refractivity contribution is -0.145. The molecule has 0 radical (unpaired) electrons. The highest BCUT2D eigenvalue weighted by atomic mass is 16.6. The number of likely N-dealkylation sites (tertiary alicyclic amines) is 1. The first kappa shape index (κ1) is 18.0. The van der Waals surface area contributed by atoms with Gasteiger partial charge < -0.3 is 14.4 Å². The van der Waals surface area contributed by atoms with Gasteiger partial charge in [-0.15, -0.1) is 0 Å². The molecule has 2 heterocycles. The van der Waals surface area contributed by atoms with Crippen LogP contribution >= 0.6 is 0 Å². The Morgan fingerprint density at radius 2 is 2.13 bits per heavy atom. The number of carbonyl (C=O) groups excluding carboxylic acids is 2. The van der Waals surface area contributed by atoms with Crippen molar-refractivity contribution in [2.24, 2.45) is 5.92 Å². The third kappa shape index (κ3) is 5.09. The summed E-state index contributed by atoms with van der Waals surface area (Å²) in [4.78, 5) is 27.9. The van der Waals surface area contributed by atoms with Gasteiger partial charge in [-0.1, -0.05) is 0 Å². The van der Waals surface area contributed by atoms with E-state index in [0.717, 1.165) is 32.4 Å². The van der Waals surface area contributed by atoms with Crippen LogP contribution in [0.25, 0.3) is 0 Å². The van der Waals surface area contributed by atoms with E-state index in [9.17, 15) is 9.59 Å². The zero-order valence-electron chi connectivity index (χ0n) is 15.0. The maximum atomic E-state index is 12.1. The van der Waals surface area contributed by atoms with Crippen molar-refractivity contribution in [3.8, 4) is 0 Å². The van der Waals surface area contributed by atoms with Crippen molar-refractivity contribution in [3.05, 3.63) is 0 Å². The van der Waals surface area contributed by atoms with E-state index in [1.165, 1.54) is 0 Å². The van der Waals surface area contributed by atoms with Gasteiger partial charge in [0.1, 0.15) is 17.7 Å². The number of hydrogen-bond acceptors (Lipinski definition) is 5. The smallest absolute Gasteiger partial charge is 0.410 e. The van der Waals surface area contributed by atoms with Crippen molar-refractivity contribution in [1.82, 2.24) is 9.80 Å². The molecule has 6 nitrogen and oxygen atoms in total. The van der Waals surface area contributed by atoms with E-state index in [0.29, 0.717) is 12.5 Å². The van der Waals surface area contributed by atoms with Crippen LogP contribution in [0.5, 0.6) is 0 Å². The van der Waals surface area contributed by atoms with Gasteiger partial charge in [-0.25, -0.2) is 4.79 Å². The molecule has 2 fully saturated rings. The Hall–Kier alpha value is -1.30. The number of amides is 1. The largest absolute Gasteiger partial charge is 0.461 e.